The van der Waals surface area contributed by atoms with Crippen LogP contribution in [-0.2, 0) is 4.74 Å². The molecule has 0 spiro atoms. The van der Waals surface area contributed by atoms with Gasteiger partial charge in [-0.15, -0.1) is 0 Å². The molecule has 0 amide bonds. The van der Waals surface area contributed by atoms with Gasteiger partial charge in [0.1, 0.15) is 0 Å². The van der Waals surface area contributed by atoms with Crippen LogP contribution in [0.25, 0.3) is 0 Å². The zero-order valence-corrected chi connectivity index (χ0v) is 4.57. The van der Waals surface area contributed by atoms with Crippen LogP contribution in [0.5, 0.6) is 0 Å². The molecule has 0 aliphatic carbocycles. The van der Waals surface area contributed by atoms with Crippen molar-refractivity contribution in [2.24, 2.45) is 0 Å². The molecule has 6 nitrogen and oxygen atoms in total. The molecular weight excluding hydrogens is 127 g/mol. The first-order chi connectivity index (χ1) is 3.13. The number of hydrogen-bond donors (Lipinski definition) is 2. The third-order valence-corrected chi connectivity index (χ3v) is 0.175. The third-order valence-electron chi connectivity index (χ3n) is 0.175. The van der Waals surface area contributed by atoms with E-state index in [2.05, 4.69) is 4.74 Å². The Morgan fingerprint density at radius 2 is 1.33 bits per heavy atom. The topological polar surface area (TPSA) is 114 Å². The number of carboxylic acid groups (broad SMARTS) is 2. The van der Waals surface area contributed by atoms with Crippen molar-refractivity contribution in [3.63, 3.8) is 0 Å². The molecule has 0 atom stereocenters. The molecule has 0 aliphatic heterocycles. The fourth-order valence-electron chi connectivity index (χ4n) is 0.0747. The molecule has 0 aromatic rings. The molecule has 0 bridgehead atoms. The van der Waals surface area contributed by atoms with E-state index in [0.717, 1.165) is 0 Å². The number of carbonyl (C=O) groups is 2. The average molecular weight is 130 g/mol. The Labute approximate surface area is 61.9 Å². The summed E-state index contributed by atoms with van der Waals surface area (Å²) < 4.78 is 3.08. The maximum atomic E-state index is 9.21. The molecule has 0 heterocycles. The summed E-state index contributed by atoms with van der Waals surface area (Å²) in [6.07, 6.45) is -3.62. The Hall–Kier alpha value is -0.703. The molecule has 0 fully saturated rings. The van der Waals surface area contributed by atoms with Gasteiger partial charge in [-0.3, -0.25) is 0 Å². The average Bonchev–Trinajstić information content (AvgIpc) is 1.27. The number of rotatable bonds is 0. The summed E-state index contributed by atoms with van der Waals surface area (Å²) in [5.41, 5.74) is 0. The minimum absolute atomic E-state index is 0. The number of ether oxygens (including phenoxy) is 1. The van der Waals surface area contributed by atoms with E-state index in [4.69, 9.17) is 10.2 Å². The van der Waals surface area contributed by atoms with E-state index >= 15 is 0 Å². The molecule has 7 heteroatoms. The maximum absolute atomic E-state index is 9.21. The first kappa shape index (κ1) is 15.7. The van der Waals surface area contributed by atoms with Crippen LogP contribution in [0.4, 0.5) is 9.59 Å². The first-order valence-corrected chi connectivity index (χ1v) is 1.26. The van der Waals surface area contributed by atoms with Crippen molar-refractivity contribution in [2.75, 3.05) is 0 Å². The Morgan fingerprint density at radius 1 is 1.11 bits per heavy atom. The maximum Gasteiger partial charge on any atom is 1.00 e. The van der Waals surface area contributed by atoms with Crippen molar-refractivity contribution < 1.29 is 48.9 Å². The molecule has 0 aromatic heterocycles. The Bertz CT molecular complexity index is 87.2. The van der Waals surface area contributed by atoms with Crippen LogP contribution >= 0.6 is 0 Å². The van der Waals surface area contributed by atoms with Gasteiger partial charge in [0.2, 0.25) is 0 Å². The second kappa shape index (κ2) is 7.30. The molecule has 3 N–H and O–H groups in total. The summed E-state index contributed by atoms with van der Waals surface area (Å²) >= 11 is 0. The molecule has 0 radical (unpaired) electrons. The van der Waals surface area contributed by atoms with Crippen LogP contribution < -0.4 is 18.9 Å². The summed E-state index contributed by atoms with van der Waals surface area (Å²) in [4.78, 5) is 18.4. The minimum atomic E-state index is -1.81. The van der Waals surface area contributed by atoms with Gasteiger partial charge in [-0.25, -0.2) is 9.59 Å². The van der Waals surface area contributed by atoms with Crippen molar-refractivity contribution in [3.8, 4) is 0 Å². The summed E-state index contributed by atoms with van der Waals surface area (Å²) in [5, 5.41) is 15.0. The smallest absolute Gasteiger partial charge is 0.870 e. The SMILES string of the molecule is O=C(O)OC(=O)O.[Li+].[OH-]. The van der Waals surface area contributed by atoms with Crippen LogP contribution in [0.15, 0.2) is 0 Å². The fourth-order valence-corrected chi connectivity index (χ4v) is 0.0747. The molecule has 9 heavy (non-hydrogen) atoms. The van der Waals surface area contributed by atoms with E-state index in [0.29, 0.717) is 0 Å². The van der Waals surface area contributed by atoms with E-state index in [1.54, 1.807) is 0 Å². The van der Waals surface area contributed by atoms with E-state index in [1.165, 1.54) is 0 Å². The van der Waals surface area contributed by atoms with E-state index < -0.39 is 12.3 Å². The molecule has 48 valence electrons. The van der Waals surface area contributed by atoms with Gasteiger partial charge < -0.3 is 20.4 Å². The first-order valence-electron chi connectivity index (χ1n) is 1.26. The van der Waals surface area contributed by atoms with Crippen LogP contribution in [0.2, 0.25) is 0 Å². The summed E-state index contributed by atoms with van der Waals surface area (Å²) in [6, 6.07) is 0. The summed E-state index contributed by atoms with van der Waals surface area (Å²) in [7, 11) is 0. The van der Waals surface area contributed by atoms with Crippen molar-refractivity contribution in [1.82, 2.24) is 0 Å². The van der Waals surface area contributed by atoms with Crippen LogP contribution in [0.3, 0.4) is 0 Å². The van der Waals surface area contributed by atoms with Crippen LogP contribution in [-0.4, -0.2) is 28.0 Å². The molecular formula is C2H3LiO6. The molecule has 0 saturated carbocycles. The summed E-state index contributed by atoms with van der Waals surface area (Å²) in [6.45, 7) is 0. The second-order valence-corrected chi connectivity index (χ2v) is 0.634. The minimum Gasteiger partial charge on any atom is -0.870 e. The van der Waals surface area contributed by atoms with Crippen molar-refractivity contribution in [1.29, 1.82) is 0 Å². The van der Waals surface area contributed by atoms with Gasteiger partial charge in [-0.1, -0.05) is 0 Å². The molecule has 0 rings (SSSR count). The Kier molecular flexibility index (Phi) is 12.8. The predicted molar refractivity (Wildman–Crippen MR) is 19.1 cm³/mol. The number of hydrogen-bond acceptors (Lipinski definition) is 4. The van der Waals surface area contributed by atoms with Crippen LogP contribution in [0, 0.1) is 0 Å². The zero-order chi connectivity index (χ0) is 5.86. The second-order valence-electron chi connectivity index (χ2n) is 0.634. The standard InChI is InChI=1S/C2H2O5.Li.H2O/c3-1(4)7-2(5)6;;/h(H,3,4)(H,5,6);;1H2/q;+1;/p-1. The predicted octanol–water partition coefficient (Wildman–Crippen LogP) is -2.81. The van der Waals surface area contributed by atoms with Crippen molar-refractivity contribution in [2.45, 2.75) is 0 Å². The van der Waals surface area contributed by atoms with Gasteiger partial charge >= 0.3 is 31.2 Å². The van der Waals surface area contributed by atoms with Crippen molar-refractivity contribution >= 4 is 12.3 Å². The Morgan fingerprint density at radius 3 is 1.33 bits per heavy atom. The molecule has 0 aliphatic rings. The third kappa shape index (κ3) is 18.8. The molecule has 0 saturated heterocycles. The van der Waals surface area contributed by atoms with Gasteiger partial charge in [-0.2, -0.15) is 0 Å². The van der Waals surface area contributed by atoms with Gasteiger partial charge in [0.05, 0.1) is 0 Å². The van der Waals surface area contributed by atoms with Crippen LogP contribution in [0.1, 0.15) is 0 Å². The fraction of sp³-hybridized carbons (Fsp3) is 0. The quantitative estimate of drug-likeness (QED) is 0.208. The van der Waals surface area contributed by atoms with E-state index in [1.807, 2.05) is 0 Å². The van der Waals surface area contributed by atoms with Gasteiger partial charge in [0.15, 0.2) is 0 Å². The van der Waals surface area contributed by atoms with Gasteiger partial charge in [-0.05, 0) is 0 Å². The molecule has 0 unspecified atom stereocenters. The van der Waals surface area contributed by atoms with Gasteiger partial charge in [0, 0.05) is 0 Å². The summed E-state index contributed by atoms with van der Waals surface area (Å²) in [5.74, 6) is 0. The van der Waals surface area contributed by atoms with Gasteiger partial charge in [0.25, 0.3) is 0 Å². The monoisotopic (exact) mass is 130 g/mol. The molecule has 0 aromatic carbocycles. The normalized spacial score (nSPS) is 5.78. The van der Waals surface area contributed by atoms with E-state index in [9.17, 15) is 9.59 Å². The largest absolute Gasteiger partial charge is 1.00 e. The Balaban J connectivity index is -0.000000180. The zero-order valence-electron chi connectivity index (χ0n) is 4.57. The van der Waals surface area contributed by atoms with E-state index in [-0.39, 0.29) is 24.3 Å². The van der Waals surface area contributed by atoms with Crippen molar-refractivity contribution in [3.05, 3.63) is 0 Å².